The van der Waals surface area contributed by atoms with Crippen molar-refractivity contribution in [1.29, 1.82) is 0 Å². The van der Waals surface area contributed by atoms with Crippen LogP contribution in [-0.4, -0.2) is 35.7 Å². The van der Waals surface area contributed by atoms with Gasteiger partial charge in [0.1, 0.15) is 5.75 Å². The van der Waals surface area contributed by atoms with E-state index in [4.69, 9.17) is 21.1 Å². The topological polar surface area (TPSA) is 105 Å². The maximum absolute atomic E-state index is 12.5. The van der Waals surface area contributed by atoms with Crippen LogP contribution in [0.15, 0.2) is 48.5 Å². The minimum Gasteiger partial charge on any atom is -0.476 e. The molecule has 0 radical (unpaired) electrons. The van der Waals surface area contributed by atoms with Gasteiger partial charge in [0.05, 0.1) is 13.2 Å². The highest BCUT2D eigenvalue weighted by atomic mass is 35.5. The van der Waals surface area contributed by atoms with Gasteiger partial charge in [-0.1, -0.05) is 18.0 Å². The Morgan fingerprint density at radius 1 is 0.906 bits per heavy atom. The first-order chi connectivity index (χ1) is 15.2. The monoisotopic (exact) mass is 463 g/mol. The predicted molar refractivity (Wildman–Crippen MR) is 118 cm³/mol. The Balaban J connectivity index is 1.78. The van der Waals surface area contributed by atoms with E-state index in [1.807, 2.05) is 0 Å². The van der Waals surface area contributed by atoms with E-state index in [9.17, 15) is 19.7 Å². The fraction of sp³-hybridized carbons (Fsp3) is 0.391. The number of hydrogen-bond acceptors (Lipinski definition) is 7. The molecule has 0 saturated heterocycles. The van der Waals surface area contributed by atoms with E-state index in [0.29, 0.717) is 34.7 Å². The molecule has 0 fully saturated rings. The van der Waals surface area contributed by atoms with Gasteiger partial charge in [0.2, 0.25) is 0 Å². The highest BCUT2D eigenvalue weighted by Crippen LogP contribution is 2.22. The van der Waals surface area contributed by atoms with Gasteiger partial charge in [0.25, 0.3) is 5.09 Å². The van der Waals surface area contributed by atoms with Crippen LogP contribution >= 0.6 is 11.6 Å². The maximum Gasteiger partial charge on any atom is 0.349 e. The van der Waals surface area contributed by atoms with E-state index in [2.05, 4.69) is 4.84 Å². The summed E-state index contributed by atoms with van der Waals surface area (Å²) in [5, 5.41) is 9.79. The van der Waals surface area contributed by atoms with Crippen molar-refractivity contribution in [2.24, 2.45) is 0 Å². The largest absolute Gasteiger partial charge is 0.476 e. The number of carbonyl (C=O) groups excluding carboxylic acids is 2. The Hall–Kier alpha value is -3.13. The van der Waals surface area contributed by atoms with Gasteiger partial charge in [-0.15, -0.1) is 10.1 Å². The molecule has 0 amide bonds. The van der Waals surface area contributed by atoms with Crippen LogP contribution in [0.2, 0.25) is 5.02 Å². The van der Waals surface area contributed by atoms with Gasteiger partial charge in [-0.25, -0.2) is 4.79 Å². The number of ketones is 1. The number of unbranched alkanes of at least 4 members (excludes halogenated alkanes) is 3. The lowest BCUT2D eigenvalue weighted by molar-refractivity contribution is -0.757. The van der Waals surface area contributed by atoms with Crippen molar-refractivity contribution in [1.82, 2.24) is 0 Å². The molecule has 2 aromatic carbocycles. The lowest BCUT2D eigenvalue weighted by atomic mass is 10.0. The lowest BCUT2D eigenvalue weighted by Crippen LogP contribution is -2.39. The normalized spacial score (nSPS) is 11.0. The lowest BCUT2D eigenvalue weighted by Gasteiger charge is -2.24. The molecule has 2 rings (SSSR count). The smallest absolute Gasteiger partial charge is 0.349 e. The second-order valence-corrected chi connectivity index (χ2v) is 8.02. The summed E-state index contributed by atoms with van der Waals surface area (Å²) in [7, 11) is 0. The standard InChI is InChI=1S/C23H26ClNO7/c1-23(2,22(27)30-15-5-3-4-6-16-31-25(28)29)32-20-13-9-18(10-14-20)21(26)17-7-11-19(24)12-8-17/h7-14H,3-6,15-16H2,1-2H3. The third kappa shape index (κ3) is 8.19. The molecular weight excluding hydrogens is 438 g/mol. The third-order valence-corrected chi connectivity index (χ3v) is 4.81. The first kappa shape index (κ1) is 25.1. The highest BCUT2D eigenvalue weighted by Gasteiger charge is 2.31. The van der Waals surface area contributed by atoms with Gasteiger partial charge in [-0.05, 0) is 81.6 Å². The molecule has 2 aromatic rings. The van der Waals surface area contributed by atoms with Gasteiger partial charge in [0.15, 0.2) is 11.4 Å². The fourth-order valence-electron chi connectivity index (χ4n) is 2.81. The average Bonchev–Trinajstić information content (AvgIpc) is 2.75. The summed E-state index contributed by atoms with van der Waals surface area (Å²) in [4.78, 5) is 39.2. The van der Waals surface area contributed by atoms with Crippen molar-refractivity contribution < 1.29 is 29.0 Å². The van der Waals surface area contributed by atoms with Gasteiger partial charge < -0.3 is 14.3 Å². The number of esters is 1. The van der Waals surface area contributed by atoms with E-state index in [-0.39, 0.29) is 19.0 Å². The minimum absolute atomic E-state index is 0.0672. The zero-order valence-electron chi connectivity index (χ0n) is 18.0. The van der Waals surface area contributed by atoms with E-state index in [1.54, 1.807) is 62.4 Å². The number of halogens is 1. The number of ether oxygens (including phenoxy) is 2. The number of nitrogens with zero attached hydrogens (tertiary/aromatic N) is 1. The van der Waals surface area contributed by atoms with Gasteiger partial charge in [0, 0.05) is 16.1 Å². The van der Waals surface area contributed by atoms with E-state index in [0.717, 1.165) is 12.8 Å². The SMILES string of the molecule is CC(C)(Oc1ccc(C(=O)c2ccc(Cl)cc2)cc1)C(=O)OCCCCCCO[N+](=O)[O-]. The van der Waals surface area contributed by atoms with E-state index >= 15 is 0 Å². The highest BCUT2D eigenvalue weighted by molar-refractivity contribution is 6.30. The van der Waals surface area contributed by atoms with Crippen molar-refractivity contribution in [3.8, 4) is 5.75 Å². The molecule has 0 N–H and O–H groups in total. The van der Waals surface area contributed by atoms with Crippen LogP contribution in [0.5, 0.6) is 5.75 Å². The molecule has 0 bridgehead atoms. The van der Waals surface area contributed by atoms with Crippen molar-refractivity contribution >= 4 is 23.4 Å². The molecule has 0 aromatic heterocycles. The molecule has 0 saturated carbocycles. The van der Waals surface area contributed by atoms with E-state index < -0.39 is 16.7 Å². The first-order valence-electron chi connectivity index (χ1n) is 10.2. The van der Waals surface area contributed by atoms with Crippen molar-refractivity contribution in [2.45, 2.75) is 45.1 Å². The minimum atomic E-state index is -1.21. The van der Waals surface area contributed by atoms with Crippen LogP contribution in [0.1, 0.15) is 55.5 Å². The van der Waals surface area contributed by atoms with Crippen LogP contribution < -0.4 is 4.74 Å². The Labute approximate surface area is 191 Å². The second kappa shape index (κ2) is 12.0. The summed E-state index contributed by atoms with van der Waals surface area (Å²) in [6, 6.07) is 13.2. The van der Waals surface area contributed by atoms with Gasteiger partial charge in [-0.3, -0.25) is 4.79 Å². The zero-order valence-corrected chi connectivity index (χ0v) is 18.8. The summed E-state index contributed by atoms with van der Waals surface area (Å²) in [6.45, 7) is 3.52. The Morgan fingerprint density at radius 2 is 1.44 bits per heavy atom. The summed E-state index contributed by atoms with van der Waals surface area (Å²) >= 11 is 5.85. The number of benzene rings is 2. The molecule has 0 aliphatic heterocycles. The first-order valence-corrected chi connectivity index (χ1v) is 10.6. The summed E-state index contributed by atoms with van der Waals surface area (Å²) in [5.74, 6) is -0.210. The molecule has 0 unspecified atom stereocenters. The molecule has 0 spiro atoms. The summed E-state index contributed by atoms with van der Waals surface area (Å²) in [6.07, 6.45) is 2.72. The second-order valence-electron chi connectivity index (χ2n) is 7.58. The van der Waals surface area contributed by atoms with Crippen LogP contribution in [0.4, 0.5) is 0 Å². The van der Waals surface area contributed by atoms with Crippen molar-refractivity contribution in [2.75, 3.05) is 13.2 Å². The van der Waals surface area contributed by atoms with Crippen LogP contribution in [0.25, 0.3) is 0 Å². The number of hydrogen-bond donors (Lipinski definition) is 0. The quantitative estimate of drug-likeness (QED) is 0.135. The molecule has 8 nitrogen and oxygen atoms in total. The molecule has 172 valence electrons. The van der Waals surface area contributed by atoms with Crippen LogP contribution in [0.3, 0.4) is 0 Å². The Morgan fingerprint density at radius 3 is 2.00 bits per heavy atom. The molecule has 0 aliphatic rings. The maximum atomic E-state index is 12.5. The molecular formula is C23H26ClNO7. The molecule has 0 atom stereocenters. The number of rotatable bonds is 13. The molecule has 0 heterocycles. The molecule has 0 aliphatic carbocycles. The Kier molecular flexibility index (Phi) is 9.46. The van der Waals surface area contributed by atoms with E-state index in [1.165, 1.54) is 0 Å². The Bertz CT molecular complexity index is 911. The molecule has 9 heteroatoms. The van der Waals surface area contributed by atoms with Crippen molar-refractivity contribution in [3.63, 3.8) is 0 Å². The van der Waals surface area contributed by atoms with Crippen LogP contribution in [0, 0.1) is 10.1 Å². The number of carbonyl (C=O) groups is 2. The van der Waals surface area contributed by atoms with Gasteiger partial charge in [-0.2, -0.15) is 0 Å². The van der Waals surface area contributed by atoms with Crippen molar-refractivity contribution in [3.05, 3.63) is 74.8 Å². The fourth-order valence-corrected chi connectivity index (χ4v) is 2.94. The van der Waals surface area contributed by atoms with Gasteiger partial charge >= 0.3 is 5.97 Å². The summed E-state index contributed by atoms with van der Waals surface area (Å²) in [5.41, 5.74) is -0.192. The van der Waals surface area contributed by atoms with Crippen LogP contribution in [-0.2, 0) is 14.4 Å². The average molecular weight is 464 g/mol. The summed E-state index contributed by atoms with van der Waals surface area (Å²) < 4.78 is 11.1. The third-order valence-electron chi connectivity index (χ3n) is 4.56. The molecule has 32 heavy (non-hydrogen) atoms. The zero-order chi connectivity index (χ0) is 23.6. The predicted octanol–water partition coefficient (Wildman–Crippen LogP) is 5.04.